The van der Waals surface area contributed by atoms with Gasteiger partial charge in [0.2, 0.25) is 0 Å². The van der Waals surface area contributed by atoms with Gasteiger partial charge in [0, 0.05) is 0 Å². The zero-order valence-electron chi connectivity index (χ0n) is 5.91. The summed E-state index contributed by atoms with van der Waals surface area (Å²) < 4.78 is 0. The van der Waals surface area contributed by atoms with E-state index in [-0.39, 0.29) is 0 Å². The standard InChI is InChI=1S/C7H16N/c1-4-7(2)5-6-8-3/h7-8H,1,4-6H2,2-3H3/q-1. The summed E-state index contributed by atoms with van der Waals surface area (Å²) in [5.41, 5.74) is 0. The molecule has 1 unspecified atom stereocenters. The van der Waals surface area contributed by atoms with Gasteiger partial charge in [-0.25, -0.2) is 0 Å². The SMILES string of the molecule is [CH2-]CC(C)CCNC. The normalized spacial score (nSPS) is 13.9. The molecule has 0 spiro atoms. The Morgan fingerprint density at radius 2 is 2.25 bits per heavy atom. The maximum absolute atomic E-state index is 3.81. The van der Waals surface area contributed by atoms with Crippen LogP contribution in [0.1, 0.15) is 19.8 Å². The highest BCUT2D eigenvalue weighted by Gasteiger charge is 1.90. The van der Waals surface area contributed by atoms with Crippen molar-refractivity contribution in [2.45, 2.75) is 19.8 Å². The lowest BCUT2D eigenvalue weighted by molar-refractivity contribution is 0.522. The molecule has 0 saturated carbocycles. The molecule has 0 saturated heterocycles. The van der Waals surface area contributed by atoms with E-state index in [1.165, 1.54) is 6.42 Å². The van der Waals surface area contributed by atoms with Gasteiger partial charge in [-0.15, -0.1) is 0 Å². The van der Waals surface area contributed by atoms with Crippen molar-refractivity contribution in [3.05, 3.63) is 6.92 Å². The minimum atomic E-state index is 0.780. The van der Waals surface area contributed by atoms with Crippen LogP contribution in [0.15, 0.2) is 0 Å². The molecule has 8 heavy (non-hydrogen) atoms. The van der Waals surface area contributed by atoms with E-state index < -0.39 is 0 Å². The van der Waals surface area contributed by atoms with Gasteiger partial charge in [-0.3, -0.25) is 0 Å². The summed E-state index contributed by atoms with van der Waals surface area (Å²) in [7, 11) is 1.98. The van der Waals surface area contributed by atoms with E-state index in [4.69, 9.17) is 0 Å². The molecule has 0 heterocycles. The van der Waals surface area contributed by atoms with Crippen LogP contribution in [0.2, 0.25) is 0 Å². The first kappa shape index (κ1) is 7.96. The maximum Gasteiger partial charge on any atom is -0.00503 e. The number of nitrogens with one attached hydrogen (secondary N) is 1. The fraction of sp³-hybridized carbons (Fsp3) is 0.857. The predicted octanol–water partition coefficient (Wildman–Crippen LogP) is 1.46. The molecule has 0 bridgehead atoms. The van der Waals surface area contributed by atoms with Crippen LogP contribution < -0.4 is 5.32 Å². The van der Waals surface area contributed by atoms with Crippen molar-refractivity contribution in [1.82, 2.24) is 5.32 Å². The Morgan fingerprint density at radius 3 is 2.62 bits per heavy atom. The highest BCUT2D eigenvalue weighted by Crippen LogP contribution is 2.03. The fourth-order valence-electron chi connectivity index (χ4n) is 0.535. The molecule has 0 fully saturated rings. The lowest BCUT2D eigenvalue weighted by Gasteiger charge is -2.09. The molecule has 0 aromatic carbocycles. The minimum Gasteiger partial charge on any atom is -0.343 e. The van der Waals surface area contributed by atoms with Crippen molar-refractivity contribution in [3.63, 3.8) is 0 Å². The molecule has 0 aromatic rings. The average Bonchev–Trinajstić information content (AvgIpc) is 1.83. The first-order chi connectivity index (χ1) is 3.81. The van der Waals surface area contributed by atoms with E-state index in [2.05, 4.69) is 19.2 Å². The maximum atomic E-state index is 3.81. The summed E-state index contributed by atoms with van der Waals surface area (Å²) in [5.74, 6) is 0.780. The summed E-state index contributed by atoms with van der Waals surface area (Å²) >= 11 is 0. The van der Waals surface area contributed by atoms with Crippen LogP contribution >= 0.6 is 0 Å². The Balaban J connectivity index is 2.86. The first-order valence-corrected chi connectivity index (χ1v) is 3.25. The third-order valence-corrected chi connectivity index (χ3v) is 1.38. The van der Waals surface area contributed by atoms with Gasteiger partial charge in [-0.2, -0.15) is 6.42 Å². The lowest BCUT2D eigenvalue weighted by Crippen LogP contribution is -2.10. The monoisotopic (exact) mass is 114 g/mol. The van der Waals surface area contributed by atoms with Crippen LogP contribution in [0.5, 0.6) is 0 Å². The van der Waals surface area contributed by atoms with Gasteiger partial charge in [-0.1, -0.05) is 12.8 Å². The Labute approximate surface area is 52.5 Å². The van der Waals surface area contributed by atoms with Crippen LogP contribution in [0.3, 0.4) is 0 Å². The van der Waals surface area contributed by atoms with E-state index >= 15 is 0 Å². The second kappa shape index (κ2) is 5.10. The topological polar surface area (TPSA) is 12.0 Å². The second-order valence-electron chi connectivity index (χ2n) is 2.29. The minimum absolute atomic E-state index is 0.780. The van der Waals surface area contributed by atoms with Crippen molar-refractivity contribution in [1.29, 1.82) is 0 Å². The third-order valence-electron chi connectivity index (χ3n) is 1.38. The predicted molar refractivity (Wildman–Crippen MR) is 37.7 cm³/mol. The van der Waals surface area contributed by atoms with Crippen molar-refractivity contribution >= 4 is 0 Å². The van der Waals surface area contributed by atoms with Gasteiger partial charge < -0.3 is 12.2 Å². The molecule has 1 heteroatoms. The number of hydrogen-bond acceptors (Lipinski definition) is 1. The molecule has 50 valence electrons. The van der Waals surface area contributed by atoms with Crippen LogP contribution in [0, 0.1) is 12.8 Å². The largest absolute Gasteiger partial charge is 0.343 e. The van der Waals surface area contributed by atoms with E-state index in [0.29, 0.717) is 0 Å². The van der Waals surface area contributed by atoms with Crippen LogP contribution in [0.4, 0.5) is 0 Å². The number of hydrogen-bond donors (Lipinski definition) is 1. The zero-order valence-corrected chi connectivity index (χ0v) is 5.91. The molecule has 0 radical (unpaired) electrons. The van der Waals surface area contributed by atoms with E-state index in [1.54, 1.807) is 0 Å². The van der Waals surface area contributed by atoms with Gasteiger partial charge >= 0.3 is 0 Å². The van der Waals surface area contributed by atoms with Crippen LogP contribution in [-0.2, 0) is 0 Å². The lowest BCUT2D eigenvalue weighted by atomic mass is 10.1. The summed E-state index contributed by atoms with van der Waals surface area (Å²) in [6, 6.07) is 0. The summed E-state index contributed by atoms with van der Waals surface area (Å²) in [6.45, 7) is 7.16. The molecule has 0 aliphatic rings. The van der Waals surface area contributed by atoms with Crippen LogP contribution in [0.25, 0.3) is 0 Å². The zero-order chi connectivity index (χ0) is 6.41. The Hall–Kier alpha value is -0.0400. The average molecular weight is 114 g/mol. The molecular formula is C7H16N-. The van der Waals surface area contributed by atoms with Crippen molar-refractivity contribution in [3.8, 4) is 0 Å². The van der Waals surface area contributed by atoms with Gasteiger partial charge in [0.25, 0.3) is 0 Å². The molecule has 0 amide bonds. The van der Waals surface area contributed by atoms with Gasteiger partial charge in [0.15, 0.2) is 0 Å². The molecule has 0 rings (SSSR count). The summed E-state index contributed by atoms with van der Waals surface area (Å²) in [4.78, 5) is 0. The van der Waals surface area contributed by atoms with E-state index in [9.17, 15) is 0 Å². The summed E-state index contributed by atoms with van der Waals surface area (Å²) in [5, 5.41) is 3.11. The smallest absolute Gasteiger partial charge is 0.00503 e. The Bertz CT molecular complexity index is 43.7. The molecule has 0 aromatic heterocycles. The highest BCUT2D eigenvalue weighted by molar-refractivity contribution is 4.54. The van der Waals surface area contributed by atoms with Crippen molar-refractivity contribution in [2.75, 3.05) is 13.6 Å². The Morgan fingerprint density at radius 1 is 1.62 bits per heavy atom. The van der Waals surface area contributed by atoms with Crippen molar-refractivity contribution < 1.29 is 0 Å². The molecule has 0 aliphatic heterocycles. The Kier molecular flexibility index (Phi) is 5.08. The second-order valence-corrected chi connectivity index (χ2v) is 2.29. The van der Waals surface area contributed by atoms with Gasteiger partial charge in [0.1, 0.15) is 0 Å². The van der Waals surface area contributed by atoms with Crippen molar-refractivity contribution in [2.24, 2.45) is 5.92 Å². The van der Waals surface area contributed by atoms with Crippen LogP contribution in [-0.4, -0.2) is 13.6 Å². The molecular weight excluding hydrogens is 98.1 g/mol. The van der Waals surface area contributed by atoms with E-state index in [1.807, 2.05) is 7.05 Å². The molecule has 1 nitrogen and oxygen atoms in total. The fourth-order valence-corrected chi connectivity index (χ4v) is 0.535. The quantitative estimate of drug-likeness (QED) is 0.545. The van der Waals surface area contributed by atoms with Gasteiger partial charge in [0.05, 0.1) is 0 Å². The first-order valence-electron chi connectivity index (χ1n) is 3.25. The molecule has 1 N–H and O–H groups in total. The number of rotatable bonds is 4. The third kappa shape index (κ3) is 4.13. The summed E-state index contributed by atoms with van der Waals surface area (Å²) in [6.07, 6.45) is 2.31. The van der Waals surface area contributed by atoms with Gasteiger partial charge in [-0.05, 0) is 20.0 Å². The molecule has 0 aliphatic carbocycles. The highest BCUT2D eigenvalue weighted by atomic mass is 14.8. The van der Waals surface area contributed by atoms with E-state index in [0.717, 1.165) is 18.9 Å². The molecule has 1 atom stereocenters.